The highest BCUT2D eigenvalue weighted by molar-refractivity contribution is 5.92. The average molecular weight is 322 g/mol. The Balaban J connectivity index is 1.93. The number of hydrogen-bond acceptors (Lipinski definition) is 3. The molecular weight excluding hydrogens is 304 g/mol. The largest absolute Gasteiger partial charge is 0.494 e. The Morgan fingerprint density at radius 3 is 2.42 bits per heavy atom. The number of aryl methyl sites for hydroxylation is 1. The smallest absolute Gasteiger partial charge is 0.203 e. The van der Waals surface area contributed by atoms with Gasteiger partial charge in [-0.15, -0.1) is 0 Å². The summed E-state index contributed by atoms with van der Waals surface area (Å²) < 4.78 is 14.5. The van der Waals surface area contributed by atoms with Gasteiger partial charge in [-0.05, 0) is 36.4 Å². The summed E-state index contributed by atoms with van der Waals surface area (Å²) in [5, 5.41) is 13.4. The van der Waals surface area contributed by atoms with E-state index in [1.807, 2.05) is 31.6 Å². The minimum Gasteiger partial charge on any atom is -0.494 e. The van der Waals surface area contributed by atoms with E-state index < -0.39 is 0 Å². The van der Waals surface area contributed by atoms with Gasteiger partial charge in [0.05, 0.1) is 14.2 Å². The molecule has 2 aromatic carbocycles. The number of rotatable bonds is 3. The summed E-state index contributed by atoms with van der Waals surface area (Å²) in [6.07, 6.45) is 3.92. The molecule has 0 spiro atoms. The minimum atomic E-state index is 0.182. The van der Waals surface area contributed by atoms with E-state index in [2.05, 4.69) is 22.8 Å². The molecule has 5 nitrogen and oxygen atoms in total. The summed E-state index contributed by atoms with van der Waals surface area (Å²) >= 11 is 0. The van der Waals surface area contributed by atoms with Crippen LogP contribution in [-0.4, -0.2) is 28.5 Å². The summed E-state index contributed by atoms with van der Waals surface area (Å²) in [5.41, 5.74) is 2.05. The fourth-order valence-corrected chi connectivity index (χ4v) is 3.14. The third-order valence-electron chi connectivity index (χ3n) is 4.44. The van der Waals surface area contributed by atoms with Crippen LogP contribution in [0.15, 0.2) is 48.8 Å². The van der Waals surface area contributed by atoms with Crippen LogP contribution in [-0.2, 0) is 7.05 Å². The van der Waals surface area contributed by atoms with Crippen molar-refractivity contribution in [3.8, 4) is 23.1 Å². The van der Waals surface area contributed by atoms with Crippen LogP contribution in [0.2, 0.25) is 0 Å². The van der Waals surface area contributed by atoms with Gasteiger partial charge in [0.15, 0.2) is 11.5 Å². The number of methoxy groups -OCH3 is 2. The van der Waals surface area contributed by atoms with Crippen LogP contribution in [0.3, 0.4) is 0 Å². The predicted octanol–water partition coefficient (Wildman–Crippen LogP) is 3.85. The Kier molecular flexibility index (Phi) is 3.16. The van der Waals surface area contributed by atoms with Crippen molar-refractivity contribution in [2.24, 2.45) is 7.05 Å². The van der Waals surface area contributed by atoms with Crippen LogP contribution < -0.4 is 9.47 Å². The Bertz CT molecular complexity index is 1060. The summed E-state index contributed by atoms with van der Waals surface area (Å²) in [7, 11) is 5.20. The molecule has 0 saturated carbocycles. The second kappa shape index (κ2) is 5.23. The van der Waals surface area contributed by atoms with E-state index in [-0.39, 0.29) is 5.88 Å². The van der Waals surface area contributed by atoms with Crippen LogP contribution >= 0.6 is 0 Å². The molecule has 2 heterocycles. The number of ether oxygens (including phenoxy) is 2. The first-order chi connectivity index (χ1) is 11.6. The molecule has 1 N–H and O–H groups in total. The first-order valence-electron chi connectivity index (χ1n) is 7.64. The quantitative estimate of drug-likeness (QED) is 0.623. The Morgan fingerprint density at radius 1 is 0.917 bits per heavy atom. The van der Waals surface area contributed by atoms with Gasteiger partial charge in [0, 0.05) is 46.8 Å². The molecule has 0 bridgehead atoms. The van der Waals surface area contributed by atoms with E-state index in [4.69, 9.17) is 9.47 Å². The van der Waals surface area contributed by atoms with Crippen LogP contribution in [0.25, 0.3) is 27.4 Å². The van der Waals surface area contributed by atoms with Gasteiger partial charge in [0.2, 0.25) is 5.88 Å². The number of aromatic hydroxyl groups is 1. The number of fused-ring (bicyclic) bond motifs is 2. The van der Waals surface area contributed by atoms with Crippen molar-refractivity contribution in [1.82, 2.24) is 9.13 Å². The zero-order valence-corrected chi connectivity index (χ0v) is 13.8. The maximum absolute atomic E-state index is 10.7. The molecule has 0 fully saturated rings. The van der Waals surface area contributed by atoms with Gasteiger partial charge in [-0.1, -0.05) is 0 Å². The van der Waals surface area contributed by atoms with E-state index in [0.717, 1.165) is 27.4 Å². The van der Waals surface area contributed by atoms with Gasteiger partial charge >= 0.3 is 0 Å². The lowest BCUT2D eigenvalue weighted by Gasteiger charge is -2.07. The second-order valence-electron chi connectivity index (χ2n) is 5.79. The van der Waals surface area contributed by atoms with Gasteiger partial charge in [-0.25, -0.2) is 0 Å². The minimum absolute atomic E-state index is 0.182. The maximum atomic E-state index is 10.7. The van der Waals surface area contributed by atoms with Gasteiger partial charge in [0.25, 0.3) is 0 Å². The summed E-state index contributed by atoms with van der Waals surface area (Å²) in [5.74, 6) is 1.42. The van der Waals surface area contributed by atoms with Crippen LogP contribution in [0.4, 0.5) is 0 Å². The normalized spacial score (nSPS) is 11.3. The Hall–Kier alpha value is -3.08. The molecule has 0 saturated heterocycles. The summed E-state index contributed by atoms with van der Waals surface area (Å²) in [4.78, 5) is 0. The SMILES string of the molecule is COc1cc2cn(-c3ccc4c(ccn4C)c3)c(O)c2cc1OC. The van der Waals surface area contributed by atoms with Crippen LogP contribution in [0, 0.1) is 0 Å². The topological polar surface area (TPSA) is 48.5 Å². The Morgan fingerprint density at radius 2 is 1.67 bits per heavy atom. The zero-order valence-electron chi connectivity index (χ0n) is 13.8. The van der Waals surface area contributed by atoms with Gasteiger partial charge in [0.1, 0.15) is 0 Å². The van der Waals surface area contributed by atoms with E-state index in [0.29, 0.717) is 11.5 Å². The molecule has 5 heteroatoms. The second-order valence-corrected chi connectivity index (χ2v) is 5.79. The first-order valence-corrected chi connectivity index (χ1v) is 7.64. The van der Waals surface area contributed by atoms with E-state index >= 15 is 0 Å². The summed E-state index contributed by atoms with van der Waals surface area (Å²) in [6.45, 7) is 0. The van der Waals surface area contributed by atoms with Crippen molar-refractivity contribution in [1.29, 1.82) is 0 Å². The van der Waals surface area contributed by atoms with Gasteiger partial charge in [-0.3, -0.25) is 4.57 Å². The van der Waals surface area contributed by atoms with Crippen molar-refractivity contribution in [3.05, 3.63) is 48.8 Å². The molecule has 122 valence electrons. The molecule has 2 aromatic heterocycles. The zero-order chi connectivity index (χ0) is 16.8. The molecule has 0 radical (unpaired) electrons. The number of hydrogen-bond donors (Lipinski definition) is 1. The van der Waals surface area contributed by atoms with E-state index in [1.165, 1.54) is 0 Å². The standard InChI is InChI=1S/C19H18N2O3/c1-20-7-6-12-8-14(4-5-16(12)20)21-11-13-9-17(23-2)18(24-3)10-15(13)19(21)22/h4-11,22H,1-3H3. The fraction of sp³-hybridized carbons (Fsp3) is 0.158. The van der Waals surface area contributed by atoms with E-state index in [9.17, 15) is 5.11 Å². The monoisotopic (exact) mass is 322 g/mol. The number of aromatic nitrogens is 2. The molecule has 0 unspecified atom stereocenters. The van der Waals surface area contributed by atoms with Crippen molar-refractivity contribution < 1.29 is 14.6 Å². The molecule has 0 aliphatic carbocycles. The van der Waals surface area contributed by atoms with Crippen molar-refractivity contribution in [2.75, 3.05) is 14.2 Å². The summed E-state index contributed by atoms with van der Waals surface area (Å²) in [6, 6.07) is 11.8. The van der Waals surface area contributed by atoms with Gasteiger partial charge in [-0.2, -0.15) is 0 Å². The number of nitrogens with zero attached hydrogens (tertiary/aromatic N) is 2. The highest BCUT2D eigenvalue weighted by Gasteiger charge is 2.14. The predicted molar refractivity (Wildman–Crippen MR) is 94.5 cm³/mol. The third kappa shape index (κ3) is 2.01. The lowest BCUT2D eigenvalue weighted by Crippen LogP contribution is -1.91. The lowest BCUT2D eigenvalue weighted by molar-refractivity contribution is 0.355. The van der Waals surface area contributed by atoms with Crippen LogP contribution in [0.1, 0.15) is 0 Å². The van der Waals surface area contributed by atoms with Gasteiger partial charge < -0.3 is 19.1 Å². The molecular formula is C19H18N2O3. The highest BCUT2D eigenvalue weighted by atomic mass is 16.5. The van der Waals surface area contributed by atoms with Crippen molar-refractivity contribution >= 4 is 21.7 Å². The van der Waals surface area contributed by atoms with Crippen molar-refractivity contribution in [2.45, 2.75) is 0 Å². The molecule has 0 amide bonds. The molecule has 4 aromatic rings. The first kappa shape index (κ1) is 14.5. The van der Waals surface area contributed by atoms with Crippen LogP contribution in [0.5, 0.6) is 17.4 Å². The Labute approximate surface area is 139 Å². The van der Waals surface area contributed by atoms with Crippen molar-refractivity contribution in [3.63, 3.8) is 0 Å². The average Bonchev–Trinajstić information content (AvgIpc) is 3.13. The third-order valence-corrected chi connectivity index (χ3v) is 4.44. The number of benzene rings is 2. The fourth-order valence-electron chi connectivity index (χ4n) is 3.14. The molecule has 24 heavy (non-hydrogen) atoms. The molecule has 0 aliphatic heterocycles. The maximum Gasteiger partial charge on any atom is 0.203 e. The highest BCUT2D eigenvalue weighted by Crippen LogP contribution is 2.38. The lowest BCUT2D eigenvalue weighted by atomic mass is 10.2. The molecule has 0 atom stereocenters. The molecule has 4 rings (SSSR count). The molecule has 0 aliphatic rings. The van der Waals surface area contributed by atoms with E-state index in [1.54, 1.807) is 24.9 Å².